The second-order valence-corrected chi connectivity index (χ2v) is 8.10. The van der Waals surface area contributed by atoms with E-state index in [1.54, 1.807) is 11.3 Å². The predicted molar refractivity (Wildman–Crippen MR) is 105 cm³/mol. The summed E-state index contributed by atoms with van der Waals surface area (Å²) >= 11 is 1.69. The lowest BCUT2D eigenvalue weighted by molar-refractivity contribution is -0.139. The van der Waals surface area contributed by atoms with Gasteiger partial charge in [0.05, 0.1) is 6.04 Å². The van der Waals surface area contributed by atoms with E-state index in [-0.39, 0.29) is 12.1 Å². The van der Waals surface area contributed by atoms with Crippen molar-refractivity contribution in [3.05, 3.63) is 22.4 Å². The standard InChI is InChI=1S/C18H31N5O2S/c1-14(20-18(25)17(24)19-7-8-21(2)3)16(15-6-5-13-26-15)23-11-9-22(4)10-12-23/h5-6,13-14,16H,7-12H2,1-4H3,(H,19,24)(H,20,25). The summed E-state index contributed by atoms with van der Waals surface area (Å²) in [6.45, 7) is 7.06. The van der Waals surface area contributed by atoms with E-state index in [1.165, 1.54) is 4.88 Å². The summed E-state index contributed by atoms with van der Waals surface area (Å²) in [6, 6.07) is 4.07. The predicted octanol–water partition coefficient (Wildman–Crippen LogP) is 0.219. The Balaban J connectivity index is 1.97. The zero-order valence-corrected chi connectivity index (χ0v) is 17.0. The van der Waals surface area contributed by atoms with Crippen LogP contribution in [0.2, 0.25) is 0 Å². The molecule has 146 valence electrons. The van der Waals surface area contributed by atoms with E-state index in [2.05, 4.69) is 38.9 Å². The molecule has 0 spiro atoms. The minimum atomic E-state index is -0.568. The summed E-state index contributed by atoms with van der Waals surface area (Å²) in [6.07, 6.45) is 0. The minimum Gasteiger partial charge on any atom is -0.347 e. The van der Waals surface area contributed by atoms with E-state index < -0.39 is 11.8 Å². The lowest BCUT2D eigenvalue weighted by Gasteiger charge is -2.40. The number of carbonyl (C=O) groups excluding carboxylic acids is 2. The molecule has 2 heterocycles. The zero-order chi connectivity index (χ0) is 19.1. The van der Waals surface area contributed by atoms with Gasteiger partial charge in [0, 0.05) is 50.2 Å². The molecule has 8 heteroatoms. The van der Waals surface area contributed by atoms with Gasteiger partial charge in [-0.25, -0.2) is 0 Å². The van der Waals surface area contributed by atoms with Crippen molar-refractivity contribution in [1.82, 2.24) is 25.3 Å². The fourth-order valence-corrected chi connectivity index (χ4v) is 4.09. The van der Waals surface area contributed by atoms with Gasteiger partial charge in [-0.2, -0.15) is 0 Å². The van der Waals surface area contributed by atoms with Gasteiger partial charge in [0.25, 0.3) is 0 Å². The third kappa shape index (κ3) is 6.05. The molecule has 26 heavy (non-hydrogen) atoms. The molecule has 2 atom stereocenters. The fourth-order valence-electron chi connectivity index (χ4n) is 3.13. The van der Waals surface area contributed by atoms with Crippen LogP contribution in [-0.2, 0) is 9.59 Å². The van der Waals surface area contributed by atoms with Gasteiger partial charge < -0.3 is 20.4 Å². The molecule has 1 aliphatic heterocycles. The smallest absolute Gasteiger partial charge is 0.309 e. The molecule has 2 unspecified atom stereocenters. The number of rotatable bonds is 7. The number of hydrogen-bond donors (Lipinski definition) is 2. The number of likely N-dealkylation sites (N-methyl/N-ethyl adjacent to an activating group) is 2. The maximum absolute atomic E-state index is 12.3. The summed E-state index contributed by atoms with van der Waals surface area (Å²) in [7, 11) is 5.98. The average molecular weight is 382 g/mol. The molecular formula is C18H31N5O2S. The van der Waals surface area contributed by atoms with E-state index >= 15 is 0 Å². The Kier molecular flexibility index (Phi) is 8.02. The first-order chi connectivity index (χ1) is 12.4. The van der Waals surface area contributed by atoms with Gasteiger partial charge >= 0.3 is 11.8 Å². The quantitative estimate of drug-likeness (QED) is 0.662. The average Bonchev–Trinajstić information content (AvgIpc) is 3.10. The number of piperazine rings is 1. The summed E-state index contributed by atoms with van der Waals surface area (Å²) in [5, 5.41) is 7.63. The molecule has 0 aromatic carbocycles. The number of thiophene rings is 1. The molecule has 1 aromatic heterocycles. The Morgan fingerprint density at radius 1 is 1.23 bits per heavy atom. The van der Waals surface area contributed by atoms with Gasteiger partial charge in [-0.15, -0.1) is 11.3 Å². The van der Waals surface area contributed by atoms with Crippen LogP contribution in [-0.4, -0.2) is 93.0 Å². The first-order valence-electron chi connectivity index (χ1n) is 9.08. The molecule has 1 fully saturated rings. The maximum Gasteiger partial charge on any atom is 0.309 e. The van der Waals surface area contributed by atoms with Crippen molar-refractivity contribution in [3.63, 3.8) is 0 Å². The highest BCUT2D eigenvalue weighted by molar-refractivity contribution is 7.10. The Labute approximate surface area is 160 Å². The van der Waals surface area contributed by atoms with Crippen LogP contribution in [0.4, 0.5) is 0 Å². The number of nitrogens with one attached hydrogen (secondary N) is 2. The van der Waals surface area contributed by atoms with Crippen molar-refractivity contribution in [3.8, 4) is 0 Å². The van der Waals surface area contributed by atoms with E-state index in [9.17, 15) is 9.59 Å². The molecule has 7 nitrogen and oxygen atoms in total. The SMILES string of the molecule is CC(NC(=O)C(=O)NCCN(C)C)C(c1cccs1)N1CCN(C)CC1. The second-order valence-electron chi connectivity index (χ2n) is 7.12. The molecule has 1 saturated heterocycles. The highest BCUT2D eigenvalue weighted by Gasteiger charge is 2.31. The Hall–Kier alpha value is -1.48. The molecule has 0 radical (unpaired) electrons. The minimum absolute atomic E-state index is 0.0854. The highest BCUT2D eigenvalue weighted by Crippen LogP contribution is 2.29. The van der Waals surface area contributed by atoms with Crippen molar-refractivity contribution >= 4 is 23.2 Å². The van der Waals surface area contributed by atoms with Crippen LogP contribution < -0.4 is 10.6 Å². The fraction of sp³-hybridized carbons (Fsp3) is 0.667. The monoisotopic (exact) mass is 381 g/mol. The van der Waals surface area contributed by atoms with Crippen LogP contribution in [0.25, 0.3) is 0 Å². The van der Waals surface area contributed by atoms with Crippen LogP contribution in [0.15, 0.2) is 17.5 Å². The van der Waals surface area contributed by atoms with Crippen LogP contribution in [0, 0.1) is 0 Å². The molecule has 1 aliphatic rings. The number of nitrogens with zero attached hydrogens (tertiary/aromatic N) is 3. The summed E-state index contributed by atoms with van der Waals surface area (Å²) < 4.78 is 0. The molecule has 2 N–H and O–H groups in total. The molecular weight excluding hydrogens is 350 g/mol. The van der Waals surface area contributed by atoms with E-state index in [4.69, 9.17) is 0 Å². The number of hydrogen-bond acceptors (Lipinski definition) is 6. The third-order valence-electron chi connectivity index (χ3n) is 4.65. The van der Waals surface area contributed by atoms with Crippen LogP contribution >= 0.6 is 11.3 Å². The largest absolute Gasteiger partial charge is 0.347 e. The molecule has 1 aromatic rings. The lowest BCUT2D eigenvalue weighted by atomic mass is 10.0. The highest BCUT2D eigenvalue weighted by atomic mass is 32.1. The van der Waals surface area contributed by atoms with Crippen molar-refractivity contribution in [2.24, 2.45) is 0 Å². The maximum atomic E-state index is 12.3. The van der Waals surface area contributed by atoms with Gasteiger partial charge in [-0.1, -0.05) is 6.07 Å². The number of carbonyl (C=O) groups is 2. The second kappa shape index (κ2) is 10.0. The van der Waals surface area contributed by atoms with Crippen molar-refractivity contribution in [1.29, 1.82) is 0 Å². The Bertz CT molecular complexity index is 570. The molecule has 0 aliphatic carbocycles. The van der Waals surface area contributed by atoms with Crippen LogP contribution in [0.3, 0.4) is 0 Å². The van der Waals surface area contributed by atoms with Crippen molar-refractivity contribution < 1.29 is 9.59 Å². The van der Waals surface area contributed by atoms with Gasteiger partial charge in [0.1, 0.15) is 0 Å². The van der Waals surface area contributed by atoms with Gasteiger partial charge in [-0.3, -0.25) is 14.5 Å². The number of amides is 2. The van der Waals surface area contributed by atoms with Gasteiger partial charge in [0.2, 0.25) is 0 Å². The molecule has 2 rings (SSSR count). The van der Waals surface area contributed by atoms with E-state index in [0.717, 1.165) is 26.2 Å². The molecule has 0 bridgehead atoms. The topological polar surface area (TPSA) is 67.9 Å². The lowest BCUT2D eigenvalue weighted by Crippen LogP contribution is -2.53. The first kappa shape index (κ1) is 20.8. The normalized spacial score (nSPS) is 18.5. The van der Waals surface area contributed by atoms with Crippen molar-refractivity contribution in [2.45, 2.75) is 19.0 Å². The summed E-state index contributed by atoms with van der Waals surface area (Å²) in [4.78, 5) is 32.2. The van der Waals surface area contributed by atoms with E-state index in [0.29, 0.717) is 13.1 Å². The molecule has 2 amide bonds. The zero-order valence-electron chi connectivity index (χ0n) is 16.2. The Morgan fingerprint density at radius 3 is 2.50 bits per heavy atom. The van der Waals surface area contributed by atoms with Gasteiger partial charge in [-0.05, 0) is 39.5 Å². The Morgan fingerprint density at radius 2 is 1.92 bits per heavy atom. The molecule has 0 saturated carbocycles. The van der Waals surface area contributed by atoms with Crippen LogP contribution in [0.5, 0.6) is 0 Å². The summed E-state index contributed by atoms with van der Waals surface area (Å²) in [5.74, 6) is -1.13. The third-order valence-corrected chi connectivity index (χ3v) is 5.59. The van der Waals surface area contributed by atoms with E-state index in [1.807, 2.05) is 32.0 Å². The summed E-state index contributed by atoms with van der Waals surface area (Å²) in [5.41, 5.74) is 0. The van der Waals surface area contributed by atoms with Crippen LogP contribution in [0.1, 0.15) is 17.8 Å². The first-order valence-corrected chi connectivity index (χ1v) is 9.96. The van der Waals surface area contributed by atoms with Gasteiger partial charge in [0.15, 0.2) is 0 Å². The van der Waals surface area contributed by atoms with Crippen molar-refractivity contribution in [2.75, 3.05) is 60.4 Å².